The molecule has 0 aliphatic heterocycles. The predicted octanol–water partition coefficient (Wildman–Crippen LogP) is 3.47. The Hall–Kier alpha value is -3.46. The number of nitrogens with one attached hydrogen (secondary N) is 1. The molecule has 0 aliphatic carbocycles. The topological polar surface area (TPSA) is 87.6 Å². The molecule has 0 spiro atoms. The van der Waals surface area contributed by atoms with Gasteiger partial charge in [0.25, 0.3) is 0 Å². The van der Waals surface area contributed by atoms with E-state index in [4.69, 9.17) is 11.0 Å². The summed E-state index contributed by atoms with van der Waals surface area (Å²) in [6.07, 6.45) is 3.49. The zero-order chi connectivity index (χ0) is 17.6. The molecule has 1 atom stereocenters. The molecule has 1 heterocycles. The minimum absolute atomic E-state index is 0.196. The highest BCUT2D eigenvalue weighted by atomic mass is 19.1. The van der Waals surface area contributed by atoms with Crippen molar-refractivity contribution in [2.45, 2.75) is 12.5 Å². The van der Waals surface area contributed by atoms with Gasteiger partial charge < -0.3 is 11.1 Å². The molecular weight excluding hydrogens is 317 g/mol. The van der Waals surface area contributed by atoms with Gasteiger partial charge in [0.2, 0.25) is 5.95 Å². The van der Waals surface area contributed by atoms with Gasteiger partial charge in [0.05, 0.1) is 24.0 Å². The van der Waals surface area contributed by atoms with Gasteiger partial charge in [0.1, 0.15) is 11.9 Å². The normalized spacial score (nSPS) is 11.5. The van der Waals surface area contributed by atoms with Gasteiger partial charge in [-0.15, -0.1) is 0 Å². The molecule has 25 heavy (non-hydrogen) atoms. The number of nitrogens with zero attached hydrogens (tertiary/aromatic N) is 3. The van der Waals surface area contributed by atoms with Crippen molar-refractivity contribution in [1.29, 1.82) is 5.26 Å². The zero-order valence-electron chi connectivity index (χ0n) is 13.4. The molecule has 0 amide bonds. The summed E-state index contributed by atoms with van der Waals surface area (Å²) in [6.45, 7) is 0. The molecule has 2 aromatic carbocycles. The number of nitrogens with two attached hydrogens (primary N) is 1. The maximum atomic E-state index is 13.3. The van der Waals surface area contributed by atoms with E-state index in [1.807, 2.05) is 30.3 Å². The van der Waals surface area contributed by atoms with Crippen LogP contribution in [-0.2, 0) is 6.42 Å². The highest BCUT2D eigenvalue weighted by Crippen LogP contribution is 2.25. The summed E-state index contributed by atoms with van der Waals surface area (Å²) in [4.78, 5) is 8.29. The van der Waals surface area contributed by atoms with E-state index in [9.17, 15) is 4.39 Å². The maximum Gasteiger partial charge on any atom is 0.223 e. The van der Waals surface area contributed by atoms with Crippen LogP contribution in [0.2, 0.25) is 0 Å². The van der Waals surface area contributed by atoms with Crippen molar-refractivity contribution in [2.75, 3.05) is 11.1 Å². The molecule has 0 bridgehead atoms. The lowest BCUT2D eigenvalue weighted by Crippen LogP contribution is -2.16. The van der Waals surface area contributed by atoms with Gasteiger partial charge in [0.15, 0.2) is 0 Å². The van der Waals surface area contributed by atoms with Crippen molar-refractivity contribution in [3.8, 4) is 6.07 Å². The van der Waals surface area contributed by atoms with Crippen LogP contribution in [-0.4, -0.2) is 9.97 Å². The highest BCUT2D eigenvalue weighted by molar-refractivity contribution is 5.48. The molecule has 0 fully saturated rings. The fourth-order valence-corrected chi connectivity index (χ4v) is 2.50. The monoisotopic (exact) mass is 333 g/mol. The van der Waals surface area contributed by atoms with Crippen LogP contribution < -0.4 is 11.1 Å². The van der Waals surface area contributed by atoms with E-state index in [-0.39, 0.29) is 11.9 Å². The molecule has 0 radical (unpaired) electrons. The lowest BCUT2D eigenvalue weighted by atomic mass is 9.98. The number of hydrogen-bond donors (Lipinski definition) is 2. The van der Waals surface area contributed by atoms with Crippen molar-refractivity contribution < 1.29 is 4.39 Å². The van der Waals surface area contributed by atoms with Crippen LogP contribution in [0, 0.1) is 17.1 Å². The maximum absolute atomic E-state index is 13.3. The molecule has 3 aromatic rings. The summed E-state index contributed by atoms with van der Waals surface area (Å²) in [5, 5.41) is 12.1. The van der Waals surface area contributed by atoms with Crippen LogP contribution >= 0.6 is 0 Å². The third-order valence-electron chi connectivity index (χ3n) is 3.84. The summed E-state index contributed by atoms with van der Waals surface area (Å²) >= 11 is 0. The van der Waals surface area contributed by atoms with Crippen LogP contribution in [0.1, 0.15) is 22.7 Å². The van der Waals surface area contributed by atoms with E-state index in [0.29, 0.717) is 23.6 Å². The average Bonchev–Trinajstić information content (AvgIpc) is 2.64. The van der Waals surface area contributed by atoms with Gasteiger partial charge in [-0.2, -0.15) is 5.26 Å². The van der Waals surface area contributed by atoms with Gasteiger partial charge in [0, 0.05) is 5.69 Å². The minimum atomic E-state index is -0.295. The molecule has 5 nitrogen and oxygen atoms in total. The summed E-state index contributed by atoms with van der Waals surface area (Å²) in [5.41, 5.74) is 8.98. The van der Waals surface area contributed by atoms with Gasteiger partial charge in [-0.3, -0.25) is 0 Å². The number of nitriles is 1. The van der Waals surface area contributed by atoms with Crippen molar-refractivity contribution in [3.63, 3.8) is 0 Å². The molecule has 0 saturated carbocycles. The van der Waals surface area contributed by atoms with Crippen LogP contribution in [0.15, 0.2) is 60.9 Å². The Morgan fingerprint density at radius 2 is 1.76 bits per heavy atom. The molecule has 124 valence electrons. The van der Waals surface area contributed by atoms with Gasteiger partial charge in [-0.1, -0.05) is 30.3 Å². The van der Waals surface area contributed by atoms with E-state index >= 15 is 0 Å². The first kappa shape index (κ1) is 16.4. The summed E-state index contributed by atoms with van der Waals surface area (Å²) in [6, 6.07) is 15.6. The molecular formula is C19H16FN5. The summed E-state index contributed by atoms with van der Waals surface area (Å²) in [7, 11) is 0. The number of anilines is 2. The number of rotatable bonds is 5. The van der Waals surface area contributed by atoms with E-state index < -0.39 is 0 Å². The van der Waals surface area contributed by atoms with E-state index in [2.05, 4.69) is 15.3 Å². The minimum Gasteiger partial charge on any atom is -0.399 e. The second kappa shape index (κ2) is 7.41. The summed E-state index contributed by atoms with van der Waals surface area (Å²) < 4.78 is 13.3. The Morgan fingerprint density at radius 3 is 2.40 bits per heavy atom. The van der Waals surface area contributed by atoms with Crippen molar-refractivity contribution >= 4 is 11.6 Å². The Balaban J connectivity index is 1.89. The third-order valence-corrected chi connectivity index (χ3v) is 3.84. The first-order chi connectivity index (χ1) is 12.2. The van der Waals surface area contributed by atoms with E-state index in [0.717, 1.165) is 11.1 Å². The molecule has 6 heteroatoms. The lowest BCUT2D eigenvalue weighted by molar-refractivity contribution is 0.625. The van der Waals surface area contributed by atoms with E-state index in [1.54, 1.807) is 12.1 Å². The van der Waals surface area contributed by atoms with Crippen LogP contribution in [0.4, 0.5) is 16.0 Å². The molecule has 0 aliphatic rings. The van der Waals surface area contributed by atoms with Crippen molar-refractivity contribution in [3.05, 3.63) is 83.4 Å². The standard InChI is InChI=1S/C19H16FN5/c20-16-7-5-14(6-8-16)18(9-15-3-1-2-4-17(15)22)25-19-23-11-13(10-21)12-24-19/h1-8,11-12,18H,9,22H2,(H,23,24,25). The fourth-order valence-electron chi connectivity index (χ4n) is 2.50. The Bertz CT molecular complexity index is 885. The number of para-hydroxylation sites is 1. The lowest BCUT2D eigenvalue weighted by Gasteiger charge is -2.20. The fraction of sp³-hybridized carbons (Fsp3) is 0.105. The average molecular weight is 333 g/mol. The third kappa shape index (κ3) is 4.09. The molecule has 3 rings (SSSR count). The number of benzene rings is 2. The number of aromatic nitrogens is 2. The van der Waals surface area contributed by atoms with Crippen molar-refractivity contribution in [2.24, 2.45) is 0 Å². The second-order valence-corrected chi connectivity index (χ2v) is 5.56. The van der Waals surface area contributed by atoms with Crippen LogP contribution in [0.5, 0.6) is 0 Å². The highest BCUT2D eigenvalue weighted by Gasteiger charge is 2.15. The predicted molar refractivity (Wildman–Crippen MR) is 94.1 cm³/mol. The number of halogens is 1. The van der Waals surface area contributed by atoms with Gasteiger partial charge in [-0.05, 0) is 35.7 Å². The molecule has 1 aromatic heterocycles. The van der Waals surface area contributed by atoms with Crippen LogP contribution in [0.3, 0.4) is 0 Å². The first-order valence-electron chi connectivity index (χ1n) is 7.73. The van der Waals surface area contributed by atoms with E-state index in [1.165, 1.54) is 24.5 Å². The molecule has 1 unspecified atom stereocenters. The SMILES string of the molecule is N#Cc1cnc(NC(Cc2ccccc2N)c2ccc(F)cc2)nc1. The molecule has 3 N–H and O–H groups in total. The largest absolute Gasteiger partial charge is 0.399 e. The Kier molecular flexibility index (Phi) is 4.86. The summed E-state index contributed by atoms with van der Waals surface area (Å²) in [5.74, 6) is 0.0965. The second-order valence-electron chi connectivity index (χ2n) is 5.56. The zero-order valence-corrected chi connectivity index (χ0v) is 13.4. The van der Waals surface area contributed by atoms with Gasteiger partial charge >= 0.3 is 0 Å². The Morgan fingerprint density at radius 1 is 1.08 bits per heavy atom. The van der Waals surface area contributed by atoms with Crippen molar-refractivity contribution in [1.82, 2.24) is 9.97 Å². The Labute approximate surface area is 145 Å². The number of hydrogen-bond acceptors (Lipinski definition) is 5. The molecule has 0 saturated heterocycles. The smallest absolute Gasteiger partial charge is 0.223 e. The van der Waals surface area contributed by atoms with Crippen LogP contribution in [0.25, 0.3) is 0 Å². The van der Waals surface area contributed by atoms with Gasteiger partial charge in [-0.25, -0.2) is 14.4 Å². The first-order valence-corrected chi connectivity index (χ1v) is 7.73. The quantitative estimate of drug-likeness (QED) is 0.698. The number of nitrogen functional groups attached to an aromatic ring is 1.